The van der Waals surface area contributed by atoms with Gasteiger partial charge >= 0.3 is 0 Å². The Balaban J connectivity index is 1.15. The van der Waals surface area contributed by atoms with Gasteiger partial charge in [-0.15, -0.1) is 22.7 Å². The summed E-state index contributed by atoms with van der Waals surface area (Å²) in [5.41, 5.74) is 8.70. The second kappa shape index (κ2) is 18.1. The van der Waals surface area contributed by atoms with Crippen LogP contribution in [0, 0.1) is 0 Å². The number of unbranched alkanes of at least 4 members (excludes halogenated alkanes) is 9. The zero-order valence-electron chi connectivity index (χ0n) is 29.5. The van der Waals surface area contributed by atoms with Crippen LogP contribution in [0.4, 0.5) is 11.4 Å². The molecule has 0 saturated heterocycles. The van der Waals surface area contributed by atoms with Crippen LogP contribution in [0.1, 0.15) is 97.8 Å². The summed E-state index contributed by atoms with van der Waals surface area (Å²) in [4.78, 5) is 10.1. The molecule has 8 heteroatoms. The Morgan fingerprint density at radius 3 is 1.88 bits per heavy atom. The molecule has 5 nitrogen and oxygen atoms in total. The van der Waals surface area contributed by atoms with Crippen molar-refractivity contribution < 1.29 is 0 Å². The maximum absolute atomic E-state index is 4.97. The highest BCUT2D eigenvalue weighted by Gasteiger charge is 2.18. The van der Waals surface area contributed by atoms with Gasteiger partial charge in [-0.2, -0.15) is 8.75 Å². The number of hydrogen-bond acceptors (Lipinski definition) is 8. The molecule has 0 aliphatic carbocycles. The van der Waals surface area contributed by atoms with Crippen LogP contribution in [0.3, 0.4) is 0 Å². The van der Waals surface area contributed by atoms with Crippen molar-refractivity contribution in [1.29, 1.82) is 0 Å². The molecule has 0 fully saturated rings. The first-order valence-corrected chi connectivity index (χ1v) is 20.9. The number of anilines is 2. The van der Waals surface area contributed by atoms with Gasteiger partial charge in [0.15, 0.2) is 0 Å². The van der Waals surface area contributed by atoms with Crippen molar-refractivity contribution in [2.45, 2.75) is 97.8 Å². The molecule has 49 heavy (non-hydrogen) atoms. The molecule has 0 unspecified atom stereocenters. The quantitative estimate of drug-likeness (QED) is 0.0800. The van der Waals surface area contributed by atoms with Crippen LogP contribution in [0.5, 0.6) is 0 Å². The number of benzene rings is 2. The maximum Gasteiger partial charge on any atom is 0.132 e. The van der Waals surface area contributed by atoms with Crippen molar-refractivity contribution in [3.63, 3.8) is 0 Å². The van der Waals surface area contributed by atoms with E-state index in [1.807, 2.05) is 17.5 Å². The summed E-state index contributed by atoms with van der Waals surface area (Å²) in [6, 6.07) is 22.6. The van der Waals surface area contributed by atoms with E-state index in [0.29, 0.717) is 0 Å². The highest BCUT2D eigenvalue weighted by molar-refractivity contribution is 7.31. The van der Waals surface area contributed by atoms with E-state index in [0.717, 1.165) is 58.1 Å². The van der Waals surface area contributed by atoms with Crippen molar-refractivity contribution in [3.05, 3.63) is 66.9 Å². The van der Waals surface area contributed by atoms with Crippen molar-refractivity contribution in [1.82, 2.24) is 13.7 Å². The minimum absolute atomic E-state index is 0.888. The Morgan fingerprint density at radius 2 is 1.20 bits per heavy atom. The van der Waals surface area contributed by atoms with Gasteiger partial charge in [0.25, 0.3) is 0 Å². The number of hydrogen-bond donors (Lipinski definition) is 1. The van der Waals surface area contributed by atoms with Crippen LogP contribution < -0.4 is 10.2 Å². The first-order chi connectivity index (χ1) is 24.2. The first-order valence-electron chi connectivity index (χ1n) is 18.5. The Kier molecular flexibility index (Phi) is 13.1. The highest BCUT2D eigenvalue weighted by atomic mass is 32.1. The van der Waals surface area contributed by atoms with E-state index in [-0.39, 0.29) is 0 Å². The zero-order chi connectivity index (χ0) is 33.8. The van der Waals surface area contributed by atoms with Crippen LogP contribution in [-0.4, -0.2) is 33.4 Å². The van der Waals surface area contributed by atoms with E-state index >= 15 is 0 Å². The summed E-state index contributed by atoms with van der Waals surface area (Å²) >= 11 is 4.94. The van der Waals surface area contributed by atoms with Gasteiger partial charge in [-0.05, 0) is 66.8 Å². The zero-order valence-corrected chi connectivity index (χ0v) is 31.9. The minimum atomic E-state index is 0.888. The molecule has 4 heterocycles. The van der Waals surface area contributed by atoms with Crippen molar-refractivity contribution in [2.24, 2.45) is 0 Å². The largest absolute Gasteiger partial charge is 0.385 e. The third-order valence-electron chi connectivity index (χ3n) is 9.37. The predicted octanol–water partition coefficient (Wildman–Crippen LogP) is 13.3. The van der Waals surface area contributed by atoms with E-state index in [1.165, 1.54) is 114 Å². The van der Waals surface area contributed by atoms with Gasteiger partial charge in [-0.25, -0.2) is 0 Å². The van der Waals surface area contributed by atoms with Gasteiger partial charge in [0.1, 0.15) is 16.7 Å². The summed E-state index contributed by atoms with van der Waals surface area (Å²) in [5, 5.41) is 3.56. The molecule has 0 aliphatic rings. The standard InChI is InChI=1S/C41H51N5S3/c1-4-7-10-13-24-42-32-20-16-30(17-21-32)34-29-43-40(41-39(34)44-49-45-41)38-28-37-36(48-38)27-35(47-37)31-18-22-33(23-19-31)46(25-14-11-8-5-2)26-15-12-9-6-3/h16-23,27-29,42H,4-15,24-26H2,1-3H3. The summed E-state index contributed by atoms with van der Waals surface area (Å²) in [6.07, 6.45) is 17.5. The fraction of sp³-hybridized carbons (Fsp3) is 0.439. The van der Waals surface area contributed by atoms with E-state index < -0.39 is 0 Å². The van der Waals surface area contributed by atoms with Crippen molar-refractivity contribution in [2.75, 3.05) is 29.9 Å². The lowest BCUT2D eigenvalue weighted by atomic mass is 10.0. The van der Waals surface area contributed by atoms with Crippen LogP contribution in [-0.2, 0) is 0 Å². The number of nitrogens with one attached hydrogen (secondary N) is 1. The number of nitrogens with zero attached hydrogens (tertiary/aromatic N) is 4. The molecule has 6 aromatic rings. The van der Waals surface area contributed by atoms with E-state index in [1.54, 1.807) is 11.3 Å². The van der Waals surface area contributed by atoms with E-state index in [4.69, 9.17) is 13.7 Å². The average molecular weight is 710 g/mol. The number of thiophene rings is 2. The number of pyridine rings is 1. The Labute approximate surface area is 305 Å². The van der Waals surface area contributed by atoms with Crippen LogP contribution >= 0.6 is 34.4 Å². The average Bonchev–Trinajstić information content (AvgIpc) is 3.87. The third kappa shape index (κ3) is 9.07. The van der Waals surface area contributed by atoms with E-state index in [9.17, 15) is 0 Å². The molecule has 0 atom stereocenters. The molecule has 0 aliphatic heterocycles. The molecule has 0 amide bonds. The van der Waals surface area contributed by atoms with Crippen LogP contribution in [0.25, 0.3) is 52.6 Å². The van der Waals surface area contributed by atoms with Crippen molar-refractivity contribution in [3.8, 4) is 32.1 Å². The van der Waals surface area contributed by atoms with Gasteiger partial charge in [-0.1, -0.05) is 103 Å². The molecule has 0 saturated carbocycles. The fourth-order valence-electron chi connectivity index (χ4n) is 6.48. The van der Waals surface area contributed by atoms with Gasteiger partial charge < -0.3 is 10.2 Å². The maximum atomic E-state index is 4.97. The number of fused-ring (bicyclic) bond motifs is 2. The SMILES string of the molecule is CCCCCCNc1ccc(-c2cnc(-c3cc4sc(-c5ccc(N(CCCCCC)CCCCCC)cc5)cc4s3)c3nsnc23)cc1. The lowest BCUT2D eigenvalue weighted by molar-refractivity contribution is 0.609. The second-order valence-electron chi connectivity index (χ2n) is 13.2. The molecule has 1 N–H and O–H groups in total. The summed E-state index contributed by atoms with van der Waals surface area (Å²) in [7, 11) is 0. The minimum Gasteiger partial charge on any atom is -0.385 e. The second-order valence-corrected chi connectivity index (χ2v) is 15.8. The van der Waals surface area contributed by atoms with Gasteiger partial charge in [0.05, 0.1) is 16.6 Å². The van der Waals surface area contributed by atoms with Crippen LogP contribution in [0.15, 0.2) is 66.9 Å². The van der Waals surface area contributed by atoms with Gasteiger partial charge in [-0.3, -0.25) is 4.98 Å². The molecule has 6 rings (SSSR count). The topological polar surface area (TPSA) is 53.9 Å². The normalized spacial score (nSPS) is 11.6. The summed E-state index contributed by atoms with van der Waals surface area (Å²) < 4.78 is 12.0. The fourth-order valence-corrected chi connectivity index (χ4v) is 9.44. The lowest BCUT2D eigenvalue weighted by Gasteiger charge is -2.25. The van der Waals surface area contributed by atoms with Crippen molar-refractivity contribution >= 4 is 66.2 Å². The van der Waals surface area contributed by atoms with E-state index in [2.05, 4.69) is 91.7 Å². The molecule has 0 radical (unpaired) electrons. The Bertz CT molecular complexity index is 1830. The number of aromatic nitrogens is 3. The van der Waals surface area contributed by atoms with Gasteiger partial charge in [0, 0.05) is 57.0 Å². The molecule has 258 valence electrons. The molecule has 0 bridgehead atoms. The molecule has 4 aromatic heterocycles. The summed E-state index contributed by atoms with van der Waals surface area (Å²) in [5.74, 6) is 0. The molecule has 2 aromatic carbocycles. The van der Waals surface area contributed by atoms with Gasteiger partial charge in [0.2, 0.25) is 0 Å². The molecular formula is C41H51N5S3. The first kappa shape index (κ1) is 35.5. The smallest absolute Gasteiger partial charge is 0.132 e. The van der Waals surface area contributed by atoms with Crippen LogP contribution in [0.2, 0.25) is 0 Å². The predicted molar refractivity (Wildman–Crippen MR) is 218 cm³/mol. The number of rotatable bonds is 20. The Hall–Kier alpha value is -3.33. The monoisotopic (exact) mass is 709 g/mol. The molecular weight excluding hydrogens is 659 g/mol. The highest BCUT2D eigenvalue weighted by Crippen LogP contribution is 2.43. The molecule has 0 spiro atoms. The summed E-state index contributed by atoms with van der Waals surface area (Å²) in [6.45, 7) is 10.2. The third-order valence-corrected chi connectivity index (χ3v) is 12.2. The Morgan fingerprint density at radius 1 is 0.612 bits per heavy atom. The lowest BCUT2D eigenvalue weighted by Crippen LogP contribution is -2.25.